The van der Waals surface area contributed by atoms with Crippen LogP contribution in [-0.4, -0.2) is 32.3 Å². The van der Waals surface area contributed by atoms with Crippen molar-refractivity contribution in [3.63, 3.8) is 0 Å². The van der Waals surface area contributed by atoms with Crippen LogP contribution in [0.4, 0.5) is 0 Å². The molecule has 0 heterocycles. The van der Waals surface area contributed by atoms with Crippen LogP contribution in [0.25, 0.3) is 0 Å². The standard InChI is InChI=1S/C16H22N2O3/c1-10(2)21-14-7-6-12(8-11(14)3)15(17)13(9-19)16(18-4)20-5/h6-10,17-18H,1-5H3/b16-13+,17-15?. The number of nitrogens with one attached hydrogen (secondary N) is 2. The molecule has 5 nitrogen and oxygen atoms in total. The van der Waals surface area contributed by atoms with Crippen molar-refractivity contribution in [2.45, 2.75) is 26.9 Å². The lowest BCUT2D eigenvalue weighted by atomic mass is 10.0. The van der Waals surface area contributed by atoms with Crippen LogP contribution in [-0.2, 0) is 9.53 Å². The van der Waals surface area contributed by atoms with Crippen LogP contribution in [0, 0.1) is 12.3 Å². The first-order valence-electron chi connectivity index (χ1n) is 6.72. The lowest BCUT2D eigenvalue weighted by Crippen LogP contribution is -2.17. The molecule has 1 rings (SSSR count). The molecule has 0 amide bonds. The topological polar surface area (TPSA) is 71.4 Å². The van der Waals surface area contributed by atoms with E-state index in [1.165, 1.54) is 7.11 Å². The van der Waals surface area contributed by atoms with Gasteiger partial charge in [-0.1, -0.05) is 0 Å². The third-order valence-corrected chi connectivity index (χ3v) is 2.89. The van der Waals surface area contributed by atoms with Gasteiger partial charge >= 0.3 is 0 Å². The molecular formula is C16H22N2O3. The van der Waals surface area contributed by atoms with E-state index in [1.807, 2.05) is 32.9 Å². The van der Waals surface area contributed by atoms with Gasteiger partial charge < -0.3 is 14.8 Å². The van der Waals surface area contributed by atoms with Crippen LogP contribution in [0.3, 0.4) is 0 Å². The Morgan fingerprint density at radius 2 is 2.05 bits per heavy atom. The summed E-state index contributed by atoms with van der Waals surface area (Å²) in [5, 5.41) is 10.9. The normalized spacial score (nSPS) is 11.7. The Labute approximate surface area is 125 Å². The Morgan fingerprint density at radius 1 is 1.38 bits per heavy atom. The zero-order valence-electron chi connectivity index (χ0n) is 13.1. The molecule has 1 aromatic carbocycles. The summed E-state index contributed by atoms with van der Waals surface area (Å²) in [7, 11) is 3.09. The zero-order chi connectivity index (χ0) is 16.0. The molecule has 0 aliphatic rings. The van der Waals surface area contributed by atoms with Gasteiger partial charge in [-0.05, 0) is 44.5 Å². The Morgan fingerprint density at radius 3 is 2.48 bits per heavy atom. The molecule has 2 N–H and O–H groups in total. The fourth-order valence-corrected chi connectivity index (χ4v) is 1.92. The second-order valence-electron chi connectivity index (χ2n) is 4.84. The summed E-state index contributed by atoms with van der Waals surface area (Å²) in [6.45, 7) is 5.83. The summed E-state index contributed by atoms with van der Waals surface area (Å²) in [6, 6.07) is 5.40. The fraction of sp³-hybridized carbons (Fsp3) is 0.375. The molecule has 0 unspecified atom stereocenters. The second kappa shape index (κ2) is 7.47. The molecule has 1 aromatic rings. The van der Waals surface area contributed by atoms with Crippen molar-refractivity contribution in [1.29, 1.82) is 5.41 Å². The van der Waals surface area contributed by atoms with Crippen LogP contribution in [0.15, 0.2) is 29.7 Å². The summed E-state index contributed by atoms with van der Waals surface area (Å²) >= 11 is 0. The van der Waals surface area contributed by atoms with Gasteiger partial charge in [0, 0.05) is 12.6 Å². The van der Waals surface area contributed by atoms with Gasteiger partial charge in [-0.3, -0.25) is 10.2 Å². The molecular weight excluding hydrogens is 268 g/mol. The van der Waals surface area contributed by atoms with Crippen LogP contribution in [0.2, 0.25) is 0 Å². The summed E-state index contributed by atoms with van der Waals surface area (Å²) in [4.78, 5) is 11.2. The van der Waals surface area contributed by atoms with Crippen LogP contribution in [0.1, 0.15) is 25.0 Å². The molecule has 0 saturated carbocycles. The van der Waals surface area contributed by atoms with Crippen molar-refractivity contribution in [1.82, 2.24) is 5.32 Å². The summed E-state index contributed by atoms with van der Waals surface area (Å²) in [5.41, 5.74) is 1.84. The van der Waals surface area contributed by atoms with Crippen molar-refractivity contribution >= 4 is 12.0 Å². The maximum absolute atomic E-state index is 11.2. The largest absolute Gasteiger partial charge is 0.491 e. The maximum atomic E-state index is 11.2. The first kappa shape index (κ1) is 16.8. The van der Waals surface area contributed by atoms with Gasteiger partial charge in [0.1, 0.15) is 5.75 Å². The monoisotopic (exact) mass is 290 g/mol. The van der Waals surface area contributed by atoms with Gasteiger partial charge in [0.2, 0.25) is 0 Å². The van der Waals surface area contributed by atoms with Crippen LogP contribution in [0.5, 0.6) is 5.75 Å². The van der Waals surface area contributed by atoms with Crippen molar-refractivity contribution in [2.24, 2.45) is 0 Å². The van der Waals surface area contributed by atoms with Crippen molar-refractivity contribution in [3.05, 3.63) is 40.8 Å². The molecule has 0 saturated heterocycles. The van der Waals surface area contributed by atoms with Gasteiger partial charge in [-0.2, -0.15) is 0 Å². The van der Waals surface area contributed by atoms with Gasteiger partial charge in [0.05, 0.1) is 24.5 Å². The average Bonchev–Trinajstić information content (AvgIpc) is 2.45. The van der Waals surface area contributed by atoms with E-state index in [-0.39, 0.29) is 23.3 Å². The number of aldehydes is 1. The number of methoxy groups -OCH3 is 1. The number of carbonyl (C=O) groups is 1. The fourth-order valence-electron chi connectivity index (χ4n) is 1.92. The van der Waals surface area contributed by atoms with E-state index in [1.54, 1.807) is 13.1 Å². The second-order valence-corrected chi connectivity index (χ2v) is 4.84. The number of carbonyl (C=O) groups excluding carboxylic acids is 1. The molecule has 5 heteroatoms. The van der Waals surface area contributed by atoms with E-state index in [0.29, 0.717) is 11.8 Å². The van der Waals surface area contributed by atoms with Crippen molar-refractivity contribution in [3.8, 4) is 5.75 Å². The predicted octanol–water partition coefficient (Wildman–Crippen LogP) is 2.43. The minimum absolute atomic E-state index is 0.0869. The summed E-state index contributed by atoms with van der Waals surface area (Å²) < 4.78 is 10.7. The third kappa shape index (κ3) is 4.08. The highest BCUT2D eigenvalue weighted by molar-refractivity contribution is 6.21. The third-order valence-electron chi connectivity index (χ3n) is 2.89. The number of hydrogen-bond donors (Lipinski definition) is 2. The zero-order valence-corrected chi connectivity index (χ0v) is 13.1. The molecule has 0 spiro atoms. The van der Waals surface area contributed by atoms with Gasteiger partial charge in [0.15, 0.2) is 12.2 Å². The predicted molar refractivity (Wildman–Crippen MR) is 82.9 cm³/mol. The molecule has 0 atom stereocenters. The van der Waals surface area contributed by atoms with E-state index in [2.05, 4.69) is 5.32 Å². The molecule has 0 aliphatic heterocycles. The van der Waals surface area contributed by atoms with Crippen LogP contribution >= 0.6 is 0 Å². The minimum Gasteiger partial charge on any atom is -0.491 e. The molecule has 0 aliphatic carbocycles. The van der Waals surface area contributed by atoms with E-state index < -0.39 is 0 Å². The number of ether oxygens (including phenoxy) is 2. The Bertz CT molecular complexity index is 557. The Balaban J connectivity index is 3.16. The van der Waals surface area contributed by atoms with Gasteiger partial charge in [0.25, 0.3) is 0 Å². The number of hydrogen-bond acceptors (Lipinski definition) is 5. The van der Waals surface area contributed by atoms with E-state index in [4.69, 9.17) is 14.9 Å². The highest BCUT2D eigenvalue weighted by atomic mass is 16.5. The molecule has 0 aromatic heterocycles. The first-order chi connectivity index (χ1) is 9.94. The number of allylic oxidation sites excluding steroid dienone is 1. The van der Waals surface area contributed by atoms with Crippen molar-refractivity contribution < 1.29 is 14.3 Å². The van der Waals surface area contributed by atoms with E-state index in [0.717, 1.165) is 11.3 Å². The Kier molecular flexibility index (Phi) is 5.96. The number of rotatable bonds is 7. The lowest BCUT2D eigenvalue weighted by molar-refractivity contribution is -0.104. The van der Waals surface area contributed by atoms with E-state index in [9.17, 15) is 4.79 Å². The molecule has 0 fully saturated rings. The minimum atomic E-state index is 0.0869. The maximum Gasteiger partial charge on any atom is 0.199 e. The summed E-state index contributed by atoms with van der Waals surface area (Å²) in [6.07, 6.45) is 0.703. The SMILES string of the molecule is CN/C(OC)=C(/C=O)C(=N)c1ccc(OC(C)C)c(C)c1. The number of aryl methyl sites for hydroxylation is 1. The summed E-state index contributed by atoms with van der Waals surface area (Å²) in [5.74, 6) is 1.05. The molecule has 21 heavy (non-hydrogen) atoms. The average molecular weight is 290 g/mol. The Hall–Kier alpha value is -2.30. The van der Waals surface area contributed by atoms with Gasteiger partial charge in [-0.25, -0.2) is 0 Å². The quantitative estimate of drug-likeness (QED) is 0.350. The van der Waals surface area contributed by atoms with E-state index >= 15 is 0 Å². The van der Waals surface area contributed by atoms with Gasteiger partial charge in [-0.15, -0.1) is 0 Å². The highest BCUT2D eigenvalue weighted by Gasteiger charge is 2.15. The first-order valence-corrected chi connectivity index (χ1v) is 6.72. The number of benzene rings is 1. The molecule has 0 bridgehead atoms. The van der Waals surface area contributed by atoms with Crippen LogP contribution < -0.4 is 10.1 Å². The smallest absolute Gasteiger partial charge is 0.199 e. The molecule has 0 radical (unpaired) electrons. The molecule has 114 valence electrons. The van der Waals surface area contributed by atoms with Crippen molar-refractivity contribution in [2.75, 3.05) is 14.2 Å². The lowest BCUT2D eigenvalue weighted by Gasteiger charge is -2.14. The highest BCUT2D eigenvalue weighted by Crippen LogP contribution is 2.22.